The lowest BCUT2D eigenvalue weighted by Crippen LogP contribution is -2.14. The maximum absolute atomic E-state index is 9.83. The standard InChI is InChI=1S/C14H28NO2/c1-2-3-4-5-6-7-8-9-12-17-13-10-11-15-14-16/h2-13H2,1H3,(H,15,16). The van der Waals surface area contributed by atoms with Crippen LogP contribution in [0.15, 0.2) is 0 Å². The summed E-state index contributed by atoms with van der Waals surface area (Å²) in [5.41, 5.74) is 0. The molecule has 0 aliphatic heterocycles. The van der Waals surface area contributed by atoms with Gasteiger partial charge in [-0.25, -0.2) is 0 Å². The minimum atomic E-state index is 0.668. The minimum Gasteiger partial charge on any atom is -0.381 e. The molecule has 0 aromatic heterocycles. The fraction of sp³-hybridized carbons (Fsp3) is 0.929. The van der Waals surface area contributed by atoms with E-state index in [1.54, 1.807) is 6.41 Å². The zero-order chi connectivity index (χ0) is 12.6. The number of carbonyl (C=O) groups excluding carboxylic acids is 1. The Morgan fingerprint density at radius 1 is 0.882 bits per heavy atom. The molecule has 0 aliphatic rings. The summed E-state index contributed by atoms with van der Waals surface area (Å²) in [6.07, 6.45) is 13.2. The molecule has 0 saturated carbocycles. The van der Waals surface area contributed by atoms with E-state index in [4.69, 9.17) is 4.74 Å². The van der Waals surface area contributed by atoms with E-state index in [0.717, 1.165) is 19.6 Å². The van der Waals surface area contributed by atoms with Gasteiger partial charge in [0.2, 0.25) is 0 Å². The van der Waals surface area contributed by atoms with Crippen molar-refractivity contribution in [3.63, 3.8) is 0 Å². The third-order valence-electron chi connectivity index (χ3n) is 2.80. The van der Waals surface area contributed by atoms with Gasteiger partial charge in [-0.2, -0.15) is 0 Å². The van der Waals surface area contributed by atoms with E-state index in [2.05, 4.69) is 12.2 Å². The first-order chi connectivity index (χ1) is 8.41. The average Bonchev–Trinajstić information content (AvgIpc) is 2.35. The third-order valence-corrected chi connectivity index (χ3v) is 2.80. The first-order valence-corrected chi connectivity index (χ1v) is 7.09. The van der Waals surface area contributed by atoms with Crippen molar-refractivity contribution in [3.05, 3.63) is 0 Å². The first-order valence-electron chi connectivity index (χ1n) is 7.09. The van der Waals surface area contributed by atoms with E-state index >= 15 is 0 Å². The van der Waals surface area contributed by atoms with Gasteiger partial charge in [0.1, 0.15) is 0 Å². The summed E-state index contributed by atoms with van der Waals surface area (Å²) in [5.74, 6) is 0. The Balaban J connectivity index is 2.87. The van der Waals surface area contributed by atoms with Crippen LogP contribution in [0.25, 0.3) is 0 Å². The molecule has 0 aliphatic carbocycles. The summed E-state index contributed by atoms with van der Waals surface area (Å²) in [6.45, 7) is 4.52. The topological polar surface area (TPSA) is 38.3 Å². The van der Waals surface area contributed by atoms with E-state index < -0.39 is 0 Å². The molecule has 0 atom stereocenters. The van der Waals surface area contributed by atoms with Crippen LogP contribution < -0.4 is 5.32 Å². The summed E-state index contributed by atoms with van der Waals surface area (Å²) in [4.78, 5) is 9.83. The highest BCUT2D eigenvalue weighted by molar-refractivity contribution is 5.46. The molecule has 1 amide bonds. The number of nitrogens with one attached hydrogen (secondary N) is 1. The molecule has 1 radical (unpaired) electrons. The first kappa shape index (κ1) is 16.4. The predicted octanol–water partition coefficient (Wildman–Crippen LogP) is 3.19. The maximum atomic E-state index is 9.83. The SMILES string of the molecule is CCCCCCCCCCOCCCN[C]=O. The second kappa shape index (κ2) is 15.4. The molecule has 1 N–H and O–H groups in total. The number of ether oxygens (including phenoxy) is 1. The Hall–Kier alpha value is -0.570. The molecular formula is C14H28NO2. The molecule has 0 heterocycles. The molecule has 0 bridgehead atoms. The summed E-state index contributed by atoms with van der Waals surface area (Å²) in [7, 11) is 0. The highest BCUT2D eigenvalue weighted by Gasteiger charge is 1.92. The monoisotopic (exact) mass is 242 g/mol. The molecule has 0 aromatic rings. The van der Waals surface area contributed by atoms with Crippen LogP contribution in [0, 0.1) is 0 Å². The zero-order valence-electron chi connectivity index (χ0n) is 11.3. The van der Waals surface area contributed by atoms with Crippen molar-refractivity contribution in [1.82, 2.24) is 5.32 Å². The second-order valence-electron chi connectivity index (χ2n) is 4.47. The van der Waals surface area contributed by atoms with Crippen LogP contribution in [0.5, 0.6) is 0 Å². The summed E-state index contributed by atoms with van der Waals surface area (Å²) in [5, 5.41) is 2.50. The van der Waals surface area contributed by atoms with E-state index in [9.17, 15) is 4.79 Å². The molecule has 101 valence electrons. The van der Waals surface area contributed by atoms with Gasteiger partial charge < -0.3 is 10.1 Å². The Morgan fingerprint density at radius 2 is 1.47 bits per heavy atom. The molecule has 0 unspecified atom stereocenters. The van der Waals surface area contributed by atoms with Crippen molar-refractivity contribution in [2.24, 2.45) is 0 Å². The lowest BCUT2D eigenvalue weighted by Gasteiger charge is -2.04. The third kappa shape index (κ3) is 15.4. The fourth-order valence-corrected chi connectivity index (χ4v) is 1.75. The lowest BCUT2D eigenvalue weighted by atomic mass is 10.1. The highest BCUT2D eigenvalue weighted by atomic mass is 16.5. The van der Waals surface area contributed by atoms with Gasteiger partial charge in [0.05, 0.1) is 0 Å². The van der Waals surface area contributed by atoms with Crippen LogP contribution in [-0.2, 0) is 9.53 Å². The Bertz CT molecular complexity index is 151. The fourth-order valence-electron chi connectivity index (χ4n) is 1.75. The van der Waals surface area contributed by atoms with E-state index in [1.165, 1.54) is 51.4 Å². The van der Waals surface area contributed by atoms with Crippen molar-refractivity contribution in [2.75, 3.05) is 19.8 Å². The quantitative estimate of drug-likeness (QED) is 0.375. The maximum Gasteiger partial charge on any atom is 0.309 e. The molecular weight excluding hydrogens is 214 g/mol. The van der Waals surface area contributed by atoms with Gasteiger partial charge in [-0.05, 0) is 12.8 Å². The number of unbranched alkanes of at least 4 members (excludes halogenated alkanes) is 7. The minimum absolute atomic E-state index is 0.668. The molecule has 3 nitrogen and oxygen atoms in total. The van der Waals surface area contributed by atoms with Gasteiger partial charge in [-0.15, -0.1) is 0 Å². The van der Waals surface area contributed by atoms with Gasteiger partial charge in [-0.3, -0.25) is 4.79 Å². The second-order valence-corrected chi connectivity index (χ2v) is 4.47. The van der Waals surface area contributed by atoms with Gasteiger partial charge in [-0.1, -0.05) is 51.9 Å². The van der Waals surface area contributed by atoms with Crippen molar-refractivity contribution in [1.29, 1.82) is 0 Å². The number of amides is 1. The van der Waals surface area contributed by atoms with Gasteiger partial charge in [0.15, 0.2) is 0 Å². The molecule has 3 heteroatoms. The van der Waals surface area contributed by atoms with E-state index in [1.807, 2.05) is 0 Å². The van der Waals surface area contributed by atoms with Crippen molar-refractivity contribution in [2.45, 2.75) is 64.7 Å². The number of hydrogen-bond donors (Lipinski definition) is 1. The summed E-state index contributed by atoms with van der Waals surface area (Å²) in [6, 6.07) is 0. The van der Waals surface area contributed by atoms with Crippen molar-refractivity contribution in [3.8, 4) is 0 Å². The van der Waals surface area contributed by atoms with Crippen molar-refractivity contribution >= 4 is 6.41 Å². The van der Waals surface area contributed by atoms with Gasteiger partial charge >= 0.3 is 6.41 Å². The Labute approximate surface area is 106 Å². The van der Waals surface area contributed by atoms with Gasteiger partial charge in [0, 0.05) is 19.8 Å². The molecule has 0 saturated heterocycles. The average molecular weight is 242 g/mol. The van der Waals surface area contributed by atoms with Crippen LogP contribution in [0.4, 0.5) is 0 Å². The highest BCUT2D eigenvalue weighted by Crippen LogP contribution is 2.08. The van der Waals surface area contributed by atoms with Crippen LogP contribution in [0.3, 0.4) is 0 Å². The largest absolute Gasteiger partial charge is 0.381 e. The summed E-state index contributed by atoms with van der Waals surface area (Å²) < 4.78 is 5.46. The number of rotatable bonds is 14. The molecule has 17 heavy (non-hydrogen) atoms. The van der Waals surface area contributed by atoms with Crippen molar-refractivity contribution < 1.29 is 9.53 Å². The molecule has 0 rings (SSSR count). The number of hydrogen-bond acceptors (Lipinski definition) is 2. The summed E-state index contributed by atoms with van der Waals surface area (Å²) >= 11 is 0. The van der Waals surface area contributed by atoms with Crippen LogP contribution in [0.2, 0.25) is 0 Å². The predicted molar refractivity (Wildman–Crippen MR) is 71.7 cm³/mol. The van der Waals surface area contributed by atoms with Gasteiger partial charge in [0.25, 0.3) is 0 Å². The zero-order valence-corrected chi connectivity index (χ0v) is 11.3. The smallest absolute Gasteiger partial charge is 0.309 e. The molecule has 0 spiro atoms. The molecule has 0 aromatic carbocycles. The molecule has 0 fully saturated rings. The normalized spacial score (nSPS) is 10.4. The lowest BCUT2D eigenvalue weighted by molar-refractivity contribution is 0.128. The van der Waals surface area contributed by atoms with Crippen LogP contribution in [0.1, 0.15) is 64.7 Å². The Kier molecular flexibility index (Phi) is 14.9. The van der Waals surface area contributed by atoms with E-state index in [-0.39, 0.29) is 0 Å². The Morgan fingerprint density at radius 3 is 2.12 bits per heavy atom. The van der Waals surface area contributed by atoms with Crippen LogP contribution in [-0.4, -0.2) is 26.2 Å². The van der Waals surface area contributed by atoms with Crippen LogP contribution >= 0.6 is 0 Å². The van der Waals surface area contributed by atoms with E-state index in [0.29, 0.717) is 6.54 Å².